The van der Waals surface area contributed by atoms with Crippen LogP contribution in [-0.2, 0) is 4.74 Å². The first kappa shape index (κ1) is 25.2. The summed E-state index contributed by atoms with van der Waals surface area (Å²) in [5, 5.41) is 41.3. The second-order valence-electron chi connectivity index (χ2n) is 7.23. The van der Waals surface area contributed by atoms with Gasteiger partial charge in [-0.3, -0.25) is 0 Å². The predicted octanol–water partition coefficient (Wildman–Crippen LogP) is 1.52. The van der Waals surface area contributed by atoms with E-state index in [0.717, 1.165) is 35.1 Å². The Kier molecular flexibility index (Phi) is 8.14. The quantitative estimate of drug-likeness (QED) is 0.295. The average molecular weight is 499 g/mol. The molecule has 7 N–H and O–H groups in total. The number of nitriles is 1. The zero-order valence-corrected chi connectivity index (χ0v) is 18.5. The van der Waals surface area contributed by atoms with E-state index in [1.54, 1.807) is 6.07 Å². The molecule has 1 saturated heterocycles. The standard InChI is InChI=1S/C21H21ClF2N4O4S/c22-13-6-12(3-1-11(13)7-25)33-21-20(31)18(19(30)17(9-29)32-21)28(27)8-16(26)10-2-4-14(23)15(24)5-10/h1-6,8,17-21,29-31H,9,26-27H2/b16-8-. The van der Waals surface area contributed by atoms with E-state index in [1.165, 1.54) is 18.2 Å². The molecule has 176 valence electrons. The molecule has 8 nitrogen and oxygen atoms in total. The minimum absolute atomic E-state index is 0.0501. The molecule has 0 aromatic heterocycles. The summed E-state index contributed by atoms with van der Waals surface area (Å²) < 4.78 is 32.4. The Morgan fingerprint density at radius 2 is 1.94 bits per heavy atom. The third kappa shape index (κ3) is 5.56. The summed E-state index contributed by atoms with van der Waals surface area (Å²) in [4.78, 5) is 0.565. The summed E-state index contributed by atoms with van der Waals surface area (Å²) in [6, 6.07) is 8.45. The molecule has 0 bridgehead atoms. The number of halogens is 3. The molecule has 3 rings (SSSR count). The lowest BCUT2D eigenvalue weighted by molar-refractivity contribution is -0.184. The number of thioether (sulfide) groups is 1. The number of hydrazine groups is 1. The van der Waals surface area contributed by atoms with Gasteiger partial charge in [-0.2, -0.15) is 5.26 Å². The maximum atomic E-state index is 13.5. The van der Waals surface area contributed by atoms with Crippen LogP contribution in [0, 0.1) is 23.0 Å². The zero-order chi connectivity index (χ0) is 24.3. The van der Waals surface area contributed by atoms with Crippen molar-refractivity contribution < 1.29 is 28.8 Å². The monoisotopic (exact) mass is 498 g/mol. The smallest absolute Gasteiger partial charge is 0.159 e. The summed E-state index contributed by atoms with van der Waals surface area (Å²) in [6.45, 7) is -0.564. The van der Waals surface area contributed by atoms with Crippen molar-refractivity contribution in [2.75, 3.05) is 6.61 Å². The van der Waals surface area contributed by atoms with Gasteiger partial charge >= 0.3 is 0 Å². The molecule has 1 fully saturated rings. The number of benzene rings is 2. The third-order valence-electron chi connectivity index (χ3n) is 5.05. The van der Waals surface area contributed by atoms with E-state index in [1.807, 2.05) is 6.07 Å². The van der Waals surface area contributed by atoms with E-state index < -0.39 is 48.0 Å². The lowest BCUT2D eigenvalue weighted by Gasteiger charge is -2.45. The number of nitrogens with two attached hydrogens (primary N) is 2. The highest BCUT2D eigenvalue weighted by atomic mass is 35.5. The molecule has 33 heavy (non-hydrogen) atoms. The molecule has 1 aliphatic heterocycles. The van der Waals surface area contributed by atoms with Crippen molar-refractivity contribution in [1.82, 2.24) is 5.01 Å². The zero-order valence-electron chi connectivity index (χ0n) is 17.0. The van der Waals surface area contributed by atoms with Crippen molar-refractivity contribution >= 4 is 29.1 Å². The van der Waals surface area contributed by atoms with Crippen LogP contribution in [0.2, 0.25) is 5.02 Å². The molecular formula is C21H21ClF2N4O4S. The topological polar surface area (TPSA) is 149 Å². The van der Waals surface area contributed by atoms with Gasteiger partial charge in [-0.05, 0) is 36.4 Å². The van der Waals surface area contributed by atoms with Crippen molar-refractivity contribution in [2.45, 2.75) is 34.7 Å². The van der Waals surface area contributed by atoms with Crippen molar-refractivity contribution in [3.63, 3.8) is 0 Å². The van der Waals surface area contributed by atoms with Crippen molar-refractivity contribution in [1.29, 1.82) is 5.26 Å². The van der Waals surface area contributed by atoms with E-state index in [4.69, 9.17) is 33.2 Å². The number of hydrogen-bond donors (Lipinski definition) is 5. The first-order valence-electron chi connectivity index (χ1n) is 9.60. The Morgan fingerprint density at radius 1 is 1.21 bits per heavy atom. The molecule has 2 aromatic carbocycles. The molecule has 5 unspecified atom stereocenters. The summed E-state index contributed by atoms with van der Waals surface area (Å²) >= 11 is 7.11. The highest BCUT2D eigenvalue weighted by Gasteiger charge is 2.46. The maximum Gasteiger partial charge on any atom is 0.159 e. The fourth-order valence-electron chi connectivity index (χ4n) is 3.31. The molecule has 0 spiro atoms. The molecule has 0 radical (unpaired) electrons. The lowest BCUT2D eigenvalue weighted by atomic mass is 9.96. The van der Waals surface area contributed by atoms with Crippen LogP contribution in [0.25, 0.3) is 5.70 Å². The lowest BCUT2D eigenvalue weighted by Crippen LogP contribution is -2.64. The molecule has 0 saturated carbocycles. The molecule has 2 aromatic rings. The van der Waals surface area contributed by atoms with Crippen LogP contribution < -0.4 is 11.6 Å². The molecule has 1 aliphatic rings. The van der Waals surface area contributed by atoms with Gasteiger partial charge in [-0.1, -0.05) is 23.4 Å². The third-order valence-corrected chi connectivity index (χ3v) is 6.51. The largest absolute Gasteiger partial charge is 0.397 e. The predicted molar refractivity (Wildman–Crippen MR) is 118 cm³/mol. The van der Waals surface area contributed by atoms with Gasteiger partial charge in [0, 0.05) is 16.7 Å². The fraction of sp³-hybridized carbons (Fsp3) is 0.286. The molecule has 5 atom stereocenters. The van der Waals surface area contributed by atoms with Crippen LogP contribution in [0.1, 0.15) is 11.1 Å². The van der Waals surface area contributed by atoms with Crippen LogP contribution in [-0.4, -0.2) is 56.7 Å². The van der Waals surface area contributed by atoms with Gasteiger partial charge in [0.2, 0.25) is 0 Å². The van der Waals surface area contributed by atoms with Crippen LogP contribution in [0.15, 0.2) is 47.5 Å². The minimum Gasteiger partial charge on any atom is -0.397 e. The molecule has 1 heterocycles. The van der Waals surface area contributed by atoms with E-state index in [-0.39, 0.29) is 21.8 Å². The Morgan fingerprint density at radius 3 is 2.55 bits per heavy atom. The summed E-state index contributed by atoms with van der Waals surface area (Å²) in [6.07, 6.45) is -2.72. The van der Waals surface area contributed by atoms with E-state index in [0.29, 0.717) is 4.90 Å². The second-order valence-corrected chi connectivity index (χ2v) is 8.81. The summed E-state index contributed by atoms with van der Waals surface area (Å²) in [7, 11) is 0. The fourth-order valence-corrected chi connectivity index (χ4v) is 4.70. The first-order chi connectivity index (χ1) is 15.7. The molecule has 0 amide bonds. The Balaban J connectivity index is 1.85. The van der Waals surface area contributed by atoms with E-state index >= 15 is 0 Å². The number of aliphatic hydroxyl groups is 3. The van der Waals surface area contributed by atoms with Gasteiger partial charge in [0.1, 0.15) is 35.9 Å². The van der Waals surface area contributed by atoms with Gasteiger partial charge in [-0.15, -0.1) is 0 Å². The van der Waals surface area contributed by atoms with Gasteiger partial charge in [0.15, 0.2) is 11.6 Å². The normalized spacial score (nSPS) is 25.5. The Bertz CT molecular complexity index is 1090. The molecule has 12 heteroatoms. The number of nitrogens with zero attached hydrogens (tertiary/aromatic N) is 2. The van der Waals surface area contributed by atoms with Crippen LogP contribution in [0.3, 0.4) is 0 Å². The van der Waals surface area contributed by atoms with Crippen molar-refractivity contribution in [3.8, 4) is 6.07 Å². The number of ether oxygens (including phenoxy) is 1. The minimum atomic E-state index is -1.41. The Hall–Kier alpha value is -2.43. The highest BCUT2D eigenvalue weighted by Crippen LogP contribution is 2.36. The number of aliphatic hydroxyl groups excluding tert-OH is 3. The average Bonchev–Trinajstić information content (AvgIpc) is 2.77. The number of hydrogen-bond acceptors (Lipinski definition) is 9. The highest BCUT2D eigenvalue weighted by molar-refractivity contribution is 7.99. The van der Waals surface area contributed by atoms with Crippen molar-refractivity contribution in [2.24, 2.45) is 11.6 Å². The molecular weight excluding hydrogens is 478 g/mol. The number of rotatable bonds is 6. The Labute approximate surface area is 197 Å². The SMILES string of the molecule is N#Cc1ccc(SC2OC(CO)C(O)C(N(N)/C=C(\N)c3ccc(F)c(F)c3)C2O)cc1Cl. The molecule has 0 aliphatic carbocycles. The van der Waals surface area contributed by atoms with E-state index in [2.05, 4.69) is 0 Å². The maximum absolute atomic E-state index is 13.5. The van der Waals surface area contributed by atoms with Gasteiger partial charge in [0.05, 0.1) is 22.9 Å². The van der Waals surface area contributed by atoms with Crippen LogP contribution in [0.4, 0.5) is 8.78 Å². The van der Waals surface area contributed by atoms with Crippen LogP contribution in [0.5, 0.6) is 0 Å². The van der Waals surface area contributed by atoms with E-state index in [9.17, 15) is 24.1 Å². The van der Waals surface area contributed by atoms with Gasteiger partial charge in [0.25, 0.3) is 0 Å². The second kappa shape index (κ2) is 10.7. The van der Waals surface area contributed by atoms with Crippen molar-refractivity contribution in [3.05, 3.63) is 70.4 Å². The van der Waals surface area contributed by atoms with Crippen LogP contribution >= 0.6 is 23.4 Å². The van der Waals surface area contributed by atoms with Gasteiger partial charge < -0.3 is 30.8 Å². The summed E-state index contributed by atoms with van der Waals surface area (Å²) in [5.41, 5.74) is 5.32. The van der Waals surface area contributed by atoms with Gasteiger partial charge in [-0.25, -0.2) is 14.6 Å². The summed E-state index contributed by atoms with van der Waals surface area (Å²) in [5.74, 6) is 3.91. The first-order valence-corrected chi connectivity index (χ1v) is 10.9.